The number of anilines is 1. The van der Waals surface area contributed by atoms with E-state index in [9.17, 15) is 0 Å². The van der Waals surface area contributed by atoms with Gasteiger partial charge in [0.25, 0.3) is 0 Å². The Labute approximate surface area is 91.5 Å². The molecule has 1 atom stereocenters. The topological polar surface area (TPSA) is 28.2 Å². The lowest BCUT2D eigenvalue weighted by molar-refractivity contribution is 0.380. The van der Waals surface area contributed by atoms with Crippen molar-refractivity contribution in [1.82, 2.24) is 10.3 Å². The van der Waals surface area contributed by atoms with Crippen molar-refractivity contribution in [2.45, 2.75) is 12.8 Å². The largest absolute Gasteiger partial charge is 0.359 e. The van der Waals surface area contributed by atoms with Crippen LogP contribution in [0.15, 0.2) is 24.4 Å². The van der Waals surface area contributed by atoms with Crippen LogP contribution in [0.4, 0.5) is 5.82 Å². The number of hydrogen-bond acceptors (Lipinski definition) is 3. The van der Waals surface area contributed by atoms with Gasteiger partial charge in [0.1, 0.15) is 5.82 Å². The van der Waals surface area contributed by atoms with Gasteiger partial charge in [0, 0.05) is 19.8 Å². The Hall–Kier alpha value is -1.09. The molecule has 0 radical (unpaired) electrons. The highest BCUT2D eigenvalue weighted by molar-refractivity contribution is 5.36. The zero-order valence-corrected chi connectivity index (χ0v) is 9.32. The number of aromatic nitrogens is 1. The van der Waals surface area contributed by atoms with E-state index >= 15 is 0 Å². The zero-order chi connectivity index (χ0) is 10.5. The fraction of sp³-hybridized carbons (Fsp3) is 0.583. The summed E-state index contributed by atoms with van der Waals surface area (Å²) in [5.74, 6) is 1.84. The number of nitrogens with zero attached hydrogens (tertiary/aromatic N) is 2. The lowest BCUT2D eigenvalue weighted by Crippen LogP contribution is -2.37. The predicted molar refractivity (Wildman–Crippen MR) is 63.1 cm³/mol. The number of piperidine rings is 1. The molecule has 0 amide bonds. The van der Waals surface area contributed by atoms with Crippen molar-refractivity contribution >= 4 is 5.82 Å². The molecule has 0 bridgehead atoms. The van der Waals surface area contributed by atoms with Crippen LogP contribution < -0.4 is 10.2 Å². The second-order valence-electron chi connectivity index (χ2n) is 4.28. The fourth-order valence-electron chi connectivity index (χ4n) is 2.14. The molecular formula is C12H19N3. The molecule has 1 aliphatic rings. The van der Waals surface area contributed by atoms with Gasteiger partial charge in [0.15, 0.2) is 0 Å². The molecule has 1 aromatic heterocycles. The van der Waals surface area contributed by atoms with Crippen molar-refractivity contribution in [1.29, 1.82) is 0 Å². The molecule has 0 aliphatic carbocycles. The quantitative estimate of drug-likeness (QED) is 0.811. The molecule has 0 saturated carbocycles. The average molecular weight is 205 g/mol. The third-order valence-corrected chi connectivity index (χ3v) is 2.97. The first-order valence-electron chi connectivity index (χ1n) is 5.69. The predicted octanol–water partition coefficient (Wildman–Crippen LogP) is 1.52. The van der Waals surface area contributed by atoms with Crippen LogP contribution in [0.3, 0.4) is 0 Å². The number of hydrogen-bond donors (Lipinski definition) is 1. The first kappa shape index (κ1) is 10.4. The molecule has 0 aromatic carbocycles. The van der Waals surface area contributed by atoms with Gasteiger partial charge in [-0.15, -0.1) is 0 Å². The summed E-state index contributed by atoms with van der Waals surface area (Å²) in [5, 5.41) is 3.44. The highest BCUT2D eigenvalue weighted by atomic mass is 15.2. The van der Waals surface area contributed by atoms with Crippen molar-refractivity contribution in [3.8, 4) is 0 Å². The van der Waals surface area contributed by atoms with Gasteiger partial charge in [0.2, 0.25) is 0 Å². The van der Waals surface area contributed by atoms with Crippen LogP contribution >= 0.6 is 0 Å². The first-order valence-corrected chi connectivity index (χ1v) is 5.69. The van der Waals surface area contributed by atoms with Crippen molar-refractivity contribution in [3.05, 3.63) is 24.4 Å². The Balaban J connectivity index is 1.88. The van der Waals surface area contributed by atoms with E-state index in [-0.39, 0.29) is 0 Å². The van der Waals surface area contributed by atoms with Crippen molar-refractivity contribution in [3.63, 3.8) is 0 Å². The molecule has 3 nitrogen and oxygen atoms in total. The van der Waals surface area contributed by atoms with Gasteiger partial charge in [-0.2, -0.15) is 0 Å². The minimum atomic E-state index is 0.769. The van der Waals surface area contributed by atoms with Crippen molar-refractivity contribution in [2.75, 3.05) is 31.6 Å². The van der Waals surface area contributed by atoms with Gasteiger partial charge in [-0.1, -0.05) is 6.07 Å². The molecule has 2 heterocycles. The maximum absolute atomic E-state index is 4.35. The van der Waals surface area contributed by atoms with E-state index < -0.39 is 0 Å². The summed E-state index contributed by atoms with van der Waals surface area (Å²) in [5.41, 5.74) is 0. The Kier molecular flexibility index (Phi) is 3.56. The van der Waals surface area contributed by atoms with Crippen molar-refractivity contribution in [2.24, 2.45) is 5.92 Å². The maximum Gasteiger partial charge on any atom is 0.128 e. The molecule has 0 spiro atoms. The van der Waals surface area contributed by atoms with Crippen LogP contribution in [0.25, 0.3) is 0 Å². The number of pyridine rings is 1. The second kappa shape index (κ2) is 5.12. The minimum absolute atomic E-state index is 0.769. The van der Waals surface area contributed by atoms with Gasteiger partial charge in [0.05, 0.1) is 0 Å². The van der Waals surface area contributed by atoms with E-state index in [4.69, 9.17) is 0 Å². The SMILES string of the molecule is CN(C[C@H]1CCCNC1)c1ccccn1. The summed E-state index contributed by atoms with van der Waals surface area (Å²) >= 11 is 0. The highest BCUT2D eigenvalue weighted by Gasteiger charge is 2.15. The molecule has 2 rings (SSSR count). The van der Waals surface area contributed by atoms with Crippen LogP contribution in [0.2, 0.25) is 0 Å². The summed E-state index contributed by atoms with van der Waals surface area (Å²) in [6.45, 7) is 3.44. The van der Waals surface area contributed by atoms with Crippen LogP contribution in [0.1, 0.15) is 12.8 Å². The third kappa shape index (κ3) is 2.93. The molecule has 3 heteroatoms. The molecule has 15 heavy (non-hydrogen) atoms. The van der Waals surface area contributed by atoms with E-state index in [0.29, 0.717) is 0 Å². The number of rotatable bonds is 3. The fourth-order valence-corrected chi connectivity index (χ4v) is 2.14. The molecule has 82 valence electrons. The van der Waals surface area contributed by atoms with E-state index in [1.54, 1.807) is 0 Å². The van der Waals surface area contributed by atoms with E-state index in [0.717, 1.165) is 24.8 Å². The van der Waals surface area contributed by atoms with E-state index in [2.05, 4.69) is 28.3 Å². The van der Waals surface area contributed by atoms with E-state index in [1.807, 2.05) is 18.3 Å². The Morgan fingerprint density at radius 2 is 2.47 bits per heavy atom. The first-order chi connectivity index (χ1) is 7.36. The molecule has 1 aliphatic heterocycles. The smallest absolute Gasteiger partial charge is 0.128 e. The molecule has 0 unspecified atom stereocenters. The third-order valence-electron chi connectivity index (χ3n) is 2.97. The Bertz CT molecular complexity index is 280. The van der Waals surface area contributed by atoms with Crippen LogP contribution in [-0.4, -0.2) is 31.7 Å². The lowest BCUT2D eigenvalue weighted by atomic mass is 9.99. The molecule has 1 N–H and O–H groups in total. The number of nitrogens with one attached hydrogen (secondary N) is 1. The molecule has 1 aromatic rings. The van der Waals surface area contributed by atoms with E-state index in [1.165, 1.54) is 19.4 Å². The molecule has 1 saturated heterocycles. The van der Waals surface area contributed by atoms with Crippen LogP contribution in [0.5, 0.6) is 0 Å². The van der Waals surface area contributed by atoms with Gasteiger partial charge >= 0.3 is 0 Å². The summed E-state index contributed by atoms with van der Waals surface area (Å²) in [4.78, 5) is 6.60. The maximum atomic E-state index is 4.35. The summed E-state index contributed by atoms with van der Waals surface area (Å²) in [6, 6.07) is 6.06. The second-order valence-corrected chi connectivity index (χ2v) is 4.28. The molecule has 1 fully saturated rings. The Morgan fingerprint density at radius 1 is 1.53 bits per heavy atom. The monoisotopic (exact) mass is 205 g/mol. The van der Waals surface area contributed by atoms with Gasteiger partial charge in [-0.3, -0.25) is 0 Å². The lowest BCUT2D eigenvalue weighted by Gasteiger charge is -2.28. The zero-order valence-electron chi connectivity index (χ0n) is 9.32. The average Bonchev–Trinajstić information content (AvgIpc) is 2.31. The van der Waals surface area contributed by atoms with Gasteiger partial charge < -0.3 is 10.2 Å². The standard InChI is InChI=1S/C12H19N3/c1-15(12-6-2-3-8-14-12)10-11-5-4-7-13-9-11/h2-3,6,8,11,13H,4-5,7,9-10H2,1H3/t11-/m0/s1. The Morgan fingerprint density at radius 3 is 3.13 bits per heavy atom. The highest BCUT2D eigenvalue weighted by Crippen LogP contribution is 2.14. The van der Waals surface area contributed by atoms with Crippen LogP contribution in [0, 0.1) is 5.92 Å². The summed E-state index contributed by atoms with van der Waals surface area (Å²) < 4.78 is 0. The summed E-state index contributed by atoms with van der Waals surface area (Å²) in [7, 11) is 2.12. The van der Waals surface area contributed by atoms with Gasteiger partial charge in [-0.25, -0.2) is 4.98 Å². The summed E-state index contributed by atoms with van der Waals surface area (Å²) in [6.07, 6.45) is 4.50. The van der Waals surface area contributed by atoms with Crippen LogP contribution in [-0.2, 0) is 0 Å². The minimum Gasteiger partial charge on any atom is -0.359 e. The molecular weight excluding hydrogens is 186 g/mol. The van der Waals surface area contributed by atoms with Gasteiger partial charge in [-0.05, 0) is 44.0 Å². The normalized spacial score (nSPS) is 21.3. The van der Waals surface area contributed by atoms with Crippen molar-refractivity contribution < 1.29 is 0 Å².